The second-order valence-corrected chi connectivity index (χ2v) is 6.52. The first-order valence-corrected chi connectivity index (χ1v) is 8.98. The lowest BCUT2D eigenvalue weighted by molar-refractivity contribution is -0.122. The van der Waals surface area contributed by atoms with Gasteiger partial charge in [0, 0.05) is 6.54 Å². The monoisotopic (exact) mass is 366 g/mol. The summed E-state index contributed by atoms with van der Waals surface area (Å²) in [6.45, 7) is 9.84. The molecule has 2 rings (SSSR count). The van der Waals surface area contributed by atoms with Crippen LogP contribution in [0.4, 0.5) is 5.69 Å². The van der Waals surface area contributed by atoms with E-state index in [1.165, 1.54) is 5.56 Å². The zero-order valence-corrected chi connectivity index (χ0v) is 16.0. The summed E-state index contributed by atoms with van der Waals surface area (Å²) in [6, 6.07) is 14.5. The average Bonchev–Trinajstić information content (AvgIpc) is 2.66. The lowest BCUT2D eigenvalue weighted by atomic mass is 10.0. The van der Waals surface area contributed by atoms with Gasteiger partial charge in [0.1, 0.15) is 5.75 Å². The van der Waals surface area contributed by atoms with E-state index in [2.05, 4.69) is 31.1 Å². The Bertz CT molecular complexity index is 797. The fraction of sp³-hybridized carbons (Fsp3) is 0.273. The number of amides is 2. The molecule has 0 radical (unpaired) electrons. The number of anilines is 1. The molecule has 0 saturated carbocycles. The van der Waals surface area contributed by atoms with E-state index in [4.69, 9.17) is 4.74 Å². The molecular formula is C22H26N2O3. The third kappa shape index (κ3) is 5.71. The Balaban J connectivity index is 2.04. The minimum atomic E-state index is -0.709. The SMILES string of the molecule is C=CCNC(=O)c1ccccc1NC(=O)[C@H](C)Oc1ccc(C(C)C)cc1. The summed E-state index contributed by atoms with van der Waals surface area (Å²) in [4.78, 5) is 24.7. The average molecular weight is 366 g/mol. The van der Waals surface area contributed by atoms with Gasteiger partial charge in [0.25, 0.3) is 11.8 Å². The summed E-state index contributed by atoms with van der Waals surface area (Å²) in [5, 5.41) is 5.47. The van der Waals surface area contributed by atoms with E-state index in [1.54, 1.807) is 37.3 Å². The molecule has 142 valence electrons. The highest BCUT2D eigenvalue weighted by atomic mass is 16.5. The van der Waals surface area contributed by atoms with Gasteiger partial charge in [-0.2, -0.15) is 0 Å². The van der Waals surface area contributed by atoms with Crippen molar-refractivity contribution in [2.75, 3.05) is 11.9 Å². The van der Waals surface area contributed by atoms with Crippen LogP contribution < -0.4 is 15.4 Å². The Morgan fingerprint density at radius 1 is 1.07 bits per heavy atom. The number of benzene rings is 2. The molecule has 2 N–H and O–H groups in total. The standard InChI is InChI=1S/C22H26N2O3/c1-5-14-23-22(26)19-8-6-7-9-20(19)24-21(25)16(4)27-18-12-10-17(11-13-18)15(2)3/h5-13,15-16H,1,14H2,2-4H3,(H,23,26)(H,24,25)/t16-/m0/s1. The normalized spacial score (nSPS) is 11.6. The van der Waals surface area contributed by atoms with Crippen molar-refractivity contribution in [1.29, 1.82) is 0 Å². The van der Waals surface area contributed by atoms with Crippen molar-refractivity contribution in [2.24, 2.45) is 0 Å². The van der Waals surface area contributed by atoms with Crippen LogP contribution in [-0.4, -0.2) is 24.5 Å². The molecule has 0 aromatic heterocycles. The van der Waals surface area contributed by atoms with E-state index < -0.39 is 6.10 Å². The molecule has 2 aromatic carbocycles. The lowest BCUT2D eigenvalue weighted by Crippen LogP contribution is -2.31. The van der Waals surface area contributed by atoms with Crippen LogP contribution in [0.15, 0.2) is 61.2 Å². The van der Waals surface area contributed by atoms with Gasteiger partial charge in [0.2, 0.25) is 0 Å². The van der Waals surface area contributed by atoms with E-state index in [0.29, 0.717) is 29.5 Å². The van der Waals surface area contributed by atoms with E-state index in [9.17, 15) is 9.59 Å². The van der Waals surface area contributed by atoms with Gasteiger partial charge in [-0.3, -0.25) is 9.59 Å². The number of ether oxygens (including phenoxy) is 1. The predicted molar refractivity (Wildman–Crippen MR) is 108 cm³/mol. The van der Waals surface area contributed by atoms with Crippen molar-refractivity contribution in [3.63, 3.8) is 0 Å². The molecule has 0 heterocycles. The van der Waals surface area contributed by atoms with Gasteiger partial charge in [-0.05, 0) is 42.7 Å². The largest absolute Gasteiger partial charge is 0.481 e. The van der Waals surface area contributed by atoms with Gasteiger partial charge in [0.15, 0.2) is 6.10 Å². The van der Waals surface area contributed by atoms with Crippen LogP contribution >= 0.6 is 0 Å². The highest BCUT2D eigenvalue weighted by Gasteiger charge is 2.18. The summed E-state index contributed by atoms with van der Waals surface area (Å²) in [7, 11) is 0. The van der Waals surface area contributed by atoms with Gasteiger partial charge < -0.3 is 15.4 Å². The topological polar surface area (TPSA) is 67.4 Å². The molecule has 0 fully saturated rings. The molecule has 2 amide bonds. The number of carbonyl (C=O) groups excluding carboxylic acids is 2. The number of carbonyl (C=O) groups is 2. The predicted octanol–water partition coefficient (Wildman–Crippen LogP) is 4.13. The Kier molecular flexibility index (Phi) is 7.17. The summed E-state index contributed by atoms with van der Waals surface area (Å²) in [5.74, 6) is 0.457. The maximum atomic E-state index is 12.5. The minimum absolute atomic E-state index is 0.274. The quantitative estimate of drug-likeness (QED) is 0.690. The zero-order chi connectivity index (χ0) is 19.8. The molecule has 5 heteroatoms. The molecular weight excluding hydrogens is 340 g/mol. The first-order valence-electron chi connectivity index (χ1n) is 8.98. The van der Waals surface area contributed by atoms with E-state index in [1.807, 2.05) is 24.3 Å². The summed E-state index contributed by atoms with van der Waals surface area (Å²) >= 11 is 0. The first-order chi connectivity index (χ1) is 12.9. The Morgan fingerprint density at radius 2 is 1.74 bits per heavy atom. The molecule has 1 atom stereocenters. The van der Waals surface area contributed by atoms with Gasteiger partial charge >= 0.3 is 0 Å². The second kappa shape index (κ2) is 9.57. The number of hydrogen-bond acceptors (Lipinski definition) is 3. The fourth-order valence-electron chi connectivity index (χ4n) is 2.47. The van der Waals surface area contributed by atoms with E-state index in [-0.39, 0.29) is 11.8 Å². The van der Waals surface area contributed by atoms with Crippen LogP contribution in [0.2, 0.25) is 0 Å². The van der Waals surface area contributed by atoms with Crippen LogP contribution in [0.25, 0.3) is 0 Å². The lowest BCUT2D eigenvalue weighted by Gasteiger charge is -2.17. The van der Waals surface area contributed by atoms with Crippen molar-refractivity contribution in [3.8, 4) is 5.75 Å². The van der Waals surface area contributed by atoms with E-state index in [0.717, 1.165) is 0 Å². The van der Waals surface area contributed by atoms with Crippen molar-refractivity contribution in [3.05, 3.63) is 72.3 Å². The Hall–Kier alpha value is -3.08. The maximum absolute atomic E-state index is 12.5. The molecule has 0 aliphatic heterocycles. The molecule has 5 nitrogen and oxygen atoms in total. The number of nitrogens with one attached hydrogen (secondary N) is 2. The molecule has 0 saturated heterocycles. The van der Waals surface area contributed by atoms with Crippen LogP contribution in [0, 0.1) is 0 Å². The molecule has 0 unspecified atom stereocenters. The van der Waals surface area contributed by atoms with Crippen LogP contribution in [0.3, 0.4) is 0 Å². The summed E-state index contributed by atoms with van der Waals surface area (Å²) < 4.78 is 5.72. The van der Waals surface area contributed by atoms with Crippen molar-refractivity contribution < 1.29 is 14.3 Å². The first kappa shape index (κ1) is 20.2. The molecule has 2 aromatic rings. The third-order valence-electron chi connectivity index (χ3n) is 4.07. The molecule has 27 heavy (non-hydrogen) atoms. The van der Waals surface area contributed by atoms with Crippen LogP contribution in [-0.2, 0) is 4.79 Å². The fourth-order valence-corrected chi connectivity index (χ4v) is 2.47. The molecule has 0 spiro atoms. The Labute approximate surface area is 160 Å². The van der Waals surface area contributed by atoms with E-state index >= 15 is 0 Å². The van der Waals surface area contributed by atoms with Gasteiger partial charge in [0.05, 0.1) is 11.3 Å². The van der Waals surface area contributed by atoms with Crippen LogP contribution in [0.1, 0.15) is 42.6 Å². The maximum Gasteiger partial charge on any atom is 0.265 e. The minimum Gasteiger partial charge on any atom is -0.481 e. The molecule has 0 aliphatic rings. The molecule has 0 bridgehead atoms. The number of rotatable bonds is 8. The highest BCUT2D eigenvalue weighted by molar-refractivity contribution is 6.04. The second-order valence-electron chi connectivity index (χ2n) is 6.52. The van der Waals surface area contributed by atoms with Gasteiger partial charge in [-0.25, -0.2) is 0 Å². The van der Waals surface area contributed by atoms with Crippen LogP contribution in [0.5, 0.6) is 5.75 Å². The Morgan fingerprint density at radius 3 is 2.37 bits per heavy atom. The van der Waals surface area contributed by atoms with Crippen molar-refractivity contribution in [1.82, 2.24) is 5.32 Å². The van der Waals surface area contributed by atoms with Gasteiger partial charge in [-0.15, -0.1) is 6.58 Å². The number of hydrogen-bond donors (Lipinski definition) is 2. The third-order valence-corrected chi connectivity index (χ3v) is 4.07. The number of para-hydroxylation sites is 1. The van der Waals surface area contributed by atoms with Crippen molar-refractivity contribution in [2.45, 2.75) is 32.8 Å². The molecule has 0 aliphatic carbocycles. The summed E-state index contributed by atoms with van der Waals surface area (Å²) in [5.41, 5.74) is 2.04. The highest BCUT2D eigenvalue weighted by Crippen LogP contribution is 2.20. The van der Waals surface area contributed by atoms with Gasteiger partial charge in [-0.1, -0.05) is 44.2 Å². The summed E-state index contributed by atoms with van der Waals surface area (Å²) in [6.07, 6.45) is 0.888. The smallest absolute Gasteiger partial charge is 0.265 e. The van der Waals surface area contributed by atoms with Crippen molar-refractivity contribution >= 4 is 17.5 Å². The zero-order valence-electron chi connectivity index (χ0n) is 16.0.